The Bertz CT molecular complexity index is 525. The Hall–Kier alpha value is -1.66. The van der Waals surface area contributed by atoms with Crippen molar-refractivity contribution in [3.63, 3.8) is 0 Å². The van der Waals surface area contributed by atoms with Crippen LogP contribution in [0.4, 0.5) is 11.4 Å². The highest BCUT2D eigenvalue weighted by atomic mass is 16.6. The summed E-state index contributed by atoms with van der Waals surface area (Å²) in [6.07, 6.45) is 1.17. The first-order chi connectivity index (χ1) is 9.82. The third-order valence-electron chi connectivity index (χ3n) is 4.36. The lowest BCUT2D eigenvalue weighted by Gasteiger charge is -2.27. The van der Waals surface area contributed by atoms with Gasteiger partial charge >= 0.3 is 0 Å². The van der Waals surface area contributed by atoms with E-state index in [1.807, 2.05) is 6.07 Å². The van der Waals surface area contributed by atoms with E-state index in [4.69, 9.17) is 5.84 Å². The van der Waals surface area contributed by atoms with E-state index in [0.29, 0.717) is 23.6 Å². The number of nitrogens with one attached hydrogen (secondary N) is 1. The molecule has 0 bridgehead atoms. The summed E-state index contributed by atoms with van der Waals surface area (Å²) in [6.45, 7) is 9.53. The van der Waals surface area contributed by atoms with E-state index in [-0.39, 0.29) is 5.69 Å². The SMILES string of the molecule is CC(C)(C)C1CCN(Cc2cccc([N+](=O)[O-])c2NN)C1. The van der Waals surface area contributed by atoms with Crippen molar-refractivity contribution in [1.29, 1.82) is 0 Å². The molecule has 2 rings (SSSR count). The number of hydrazine groups is 1. The van der Waals surface area contributed by atoms with Gasteiger partial charge in [0.2, 0.25) is 0 Å². The molecule has 0 radical (unpaired) electrons. The minimum Gasteiger partial charge on any atom is -0.318 e. The molecule has 1 aliphatic heterocycles. The number of nitro groups is 1. The molecule has 0 aliphatic carbocycles. The van der Waals surface area contributed by atoms with Crippen molar-refractivity contribution in [3.8, 4) is 0 Å². The molecule has 1 heterocycles. The number of nitro benzene ring substituents is 1. The highest BCUT2D eigenvalue weighted by Crippen LogP contribution is 2.35. The highest BCUT2D eigenvalue weighted by molar-refractivity contribution is 5.65. The first-order valence-electron chi connectivity index (χ1n) is 7.28. The highest BCUT2D eigenvalue weighted by Gasteiger charge is 2.32. The fourth-order valence-corrected chi connectivity index (χ4v) is 2.96. The fourth-order valence-electron chi connectivity index (χ4n) is 2.96. The van der Waals surface area contributed by atoms with Crippen molar-refractivity contribution in [3.05, 3.63) is 33.9 Å². The zero-order valence-corrected chi connectivity index (χ0v) is 12.9. The molecule has 6 nitrogen and oxygen atoms in total. The van der Waals surface area contributed by atoms with Crippen LogP contribution in [0.5, 0.6) is 0 Å². The van der Waals surface area contributed by atoms with Gasteiger partial charge in [0.15, 0.2) is 0 Å². The standard InChI is InChI=1S/C15H24N4O2/c1-15(2,3)12-7-8-18(10-12)9-11-5-4-6-13(19(20)21)14(11)17-16/h4-6,12,17H,7-10,16H2,1-3H3. The van der Waals surface area contributed by atoms with Crippen LogP contribution in [0.3, 0.4) is 0 Å². The van der Waals surface area contributed by atoms with Crippen molar-refractivity contribution in [2.45, 2.75) is 33.7 Å². The summed E-state index contributed by atoms with van der Waals surface area (Å²) < 4.78 is 0. The number of para-hydroxylation sites is 1. The normalized spacial score (nSPS) is 19.7. The topological polar surface area (TPSA) is 84.4 Å². The van der Waals surface area contributed by atoms with Crippen molar-refractivity contribution >= 4 is 11.4 Å². The van der Waals surface area contributed by atoms with E-state index in [0.717, 1.165) is 18.7 Å². The van der Waals surface area contributed by atoms with Gasteiger partial charge in [-0.05, 0) is 29.9 Å². The van der Waals surface area contributed by atoms with E-state index < -0.39 is 4.92 Å². The van der Waals surface area contributed by atoms with Gasteiger partial charge < -0.3 is 5.43 Å². The fraction of sp³-hybridized carbons (Fsp3) is 0.600. The van der Waals surface area contributed by atoms with Crippen LogP contribution in [-0.2, 0) is 6.54 Å². The predicted molar refractivity (Wildman–Crippen MR) is 83.7 cm³/mol. The van der Waals surface area contributed by atoms with E-state index >= 15 is 0 Å². The van der Waals surface area contributed by atoms with Crippen molar-refractivity contribution < 1.29 is 4.92 Å². The molecular weight excluding hydrogens is 268 g/mol. The molecule has 21 heavy (non-hydrogen) atoms. The number of nitrogens with two attached hydrogens (primary N) is 1. The minimum absolute atomic E-state index is 0.0292. The Morgan fingerprint density at radius 1 is 1.48 bits per heavy atom. The monoisotopic (exact) mass is 292 g/mol. The molecule has 0 amide bonds. The Morgan fingerprint density at radius 2 is 2.19 bits per heavy atom. The average molecular weight is 292 g/mol. The Morgan fingerprint density at radius 3 is 2.71 bits per heavy atom. The van der Waals surface area contributed by atoms with Gasteiger partial charge in [0.05, 0.1) is 4.92 Å². The number of hydrogen-bond donors (Lipinski definition) is 2. The first kappa shape index (κ1) is 15.7. The molecule has 0 spiro atoms. The van der Waals surface area contributed by atoms with Crippen LogP contribution in [0.1, 0.15) is 32.8 Å². The van der Waals surface area contributed by atoms with Crippen LogP contribution < -0.4 is 11.3 Å². The van der Waals surface area contributed by atoms with E-state index in [9.17, 15) is 10.1 Å². The van der Waals surface area contributed by atoms with Crippen LogP contribution in [0, 0.1) is 21.4 Å². The van der Waals surface area contributed by atoms with Gasteiger partial charge in [0, 0.05) is 19.2 Å². The molecule has 1 atom stereocenters. The molecule has 116 valence electrons. The van der Waals surface area contributed by atoms with Crippen molar-refractivity contribution in [2.75, 3.05) is 18.5 Å². The third kappa shape index (κ3) is 3.51. The largest absolute Gasteiger partial charge is 0.318 e. The maximum Gasteiger partial charge on any atom is 0.293 e. The summed E-state index contributed by atoms with van der Waals surface area (Å²) in [5, 5.41) is 11.1. The van der Waals surface area contributed by atoms with Crippen LogP contribution in [0.25, 0.3) is 0 Å². The van der Waals surface area contributed by atoms with E-state index in [1.54, 1.807) is 6.07 Å². The molecule has 0 saturated carbocycles. The number of hydrogen-bond acceptors (Lipinski definition) is 5. The van der Waals surface area contributed by atoms with Crippen LogP contribution >= 0.6 is 0 Å². The molecule has 1 unspecified atom stereocenters. The molecule has 1 aromatic rings. The Labute approximate surface area is 125 Å². The van der Waals surface area contributed by atoms with Crippen molar-refractivity contribution in [2.24, 2.45) is 17.2 Å². The van der Waals surface area contributed by atoms with Gasteiger partial charge in [-0.15, -0.1) is 0 Å². The summed E-state index contributed by atoms with van der Waals surface area (Å²) in [7, 11) is 0. The van der Waals surface area contributed by atoms with Crippen molar-refractivity contribution in [1.82, 2.24) is 4.90 Å². The zero-order valence-electron chi connectivity index (χ0n) is 12.9. The second-order valence-corrected chi connectivity index (χ2v) is 6.80. The summed E-state index contributed by atoms with van der Waals surface area (Å²) in [6, 6.07) is 5.08. The van der Waals surface area contributed by atoms with Gasteiger partial charge in [-0.1, -0.05) is 32.9 Å². The van der Waals surface area contributed by atoms with Gasteiger partial charge in [0.25, 0.3) is 5.69 Å². The second-order valence-electron chi connectivity index (χ2n) is 6.80. The number of likely N-dealkylation sites (tertiary alicyclic amines) is 1. The van der Waals surface area contributed by atoms with Gasteiger partial charge in [-0.3, -0.25) is 20.9 Å². The molecule has 1 fully saturated rings. The Balaban J connectivity index is 2.14. The number of anilines is 1. The quantitative estimate of drug-likeness (QED) is 0.506. The lowest BCUT2D eigenvalue weighted by Crippen LogP contribution is -2.26. The first-order valence-corrected chi connectivity index (χ1v) is 7.28. The summed E-state index contributed by atoms with van der Waals surface area (Å²) in [5.74, 6) is 6.14. The van der Waals surface area contributed by atoms with E-state index in [2.05, 4.69) is 31.1 Å². The van der Waals surface area contributed by atoms with E-state index in [1.165, 1.54) is 12.5 Å². The third-order valence-corrected chi connectivity index (χ3v) is 4.36. The van der Waals surface area contributed by atoms with Crippen LogP contribution in [-0.4, -0.2) is 22.9 Å². The minimum atomic E-state index is -0.402. The predicted octanol–water partition coefficient (Wildman–Crippen LogP) is 2.75. The molecule has 1 saturated heterocycles. The smallest absolute Gasteiger partial charge is 0.293 e. The van der Waals surface area contributed by atoms with Gasteiger partial charge in [-0.2, -0.15) is 0 Å². The zero-order chi connectivity index (χ0) is 15.6. The number of benzene rings is 1. The summed E-state index contributed by atoms with van der Waals surface area (Å²) in [4.78, 5) is 13.0. The summed E-state index contributed by atoms with van der Waals surface area (Å²) >= 11 is 0. The maximum atomic E-state index is 11.1. The summed E-state index contributed by atoms with van der Waals surface area (Å²) in [5.41, 5.74) is 4.11. The van der Waals surface area contributed by atoms with Gasteiger partial charge in [0.1, 0.15) is 5.69 Å². The molecular formula is C15H24N4O2. The molecule has 1 aromatic carbocycles. The molecule has 0 aromatic heterocycles. The number of nitrogens with zero attached hydrogens (tertiary/aromatic N) is 2. The Kier molecular flexibility index (Phi) is 4.49. The second kappa shape index (κ2) is 5.99. The van der Waals surface area contributed by atoms with Gasteiger partial charge in [-0.25, -0.2) is 0 Å². The maximum absolute atomic E-state index is 11.1. The van der Waals surface area contributed by atoms with Crippen LogP contribution in [0.15, 0.2) is 18.2 Å². The average Bonchev–Trinajstić information content (AvgIpc) is 2.87. The molecule has 3 N–H and O–H groups in total. The molecule has 1 aliphatic rings. The molecule has 6 heteroatoms. The van der Waals surface area contributed by atoms with Crippen LogP contribution in [0.2, 0.25) is 0 Å². The lowest BCUT2D eigenvalue weighted by molar-refractivity contribution is -0.384. The number of nitrogen functional groups attached to an aromatic ring is 1. The number of rotatable bonds is 4. The lowest BCUT2D eigenvalue weighted by atomic mass is 9.80.